The maximum atomic E-state index is 12.0. The number of aromatic amines is 1. The molecule has 0 aromatic carbocycles. The number of aliphatic hydroxyl groups excluding tert-OH is 1. The molecule has 1 aromatic rings. The van der Waals surface area contributed by atoms with Gasteiger partial charge in [-0.25, -0.2) is 4.98 Å². The number of imidazole rings is 1. The molecule has 0 aliphatic rings. The van der Waals surface area contributed by atoms with E-state index < -0.39 is 11.9 Å². The largest absolute Gasteiger partial charge is 0.432 e. The summed E-state index contributed by atoms with van der Waals surface area (Å²) in [7, 11) is 0. The lowest BCUT2D eigenvalue weighted by molar-refractivity contribution is -0.140. The second kappa shape index (κ2) is 15.0. The standard InChI is InChI=1S/C7H9F3N2O.3C2H6.H2/c8-7(9,10)5-4-11-6(12-5)2-1-3-13;3*1-2;/h4,13H,1-3H2,(H,11,12);3*1-2H3;1H. The second-order valence-electron chi connectivity index (χ2n) is 2.57. The Kier molecular flexibility index (Phi) is 18.2. The van der Waals surface area contributed by atoms with E-state index in [0.29, 0.717) is 12.8 Å². The molecule has 0 spiro atoms. The fourth-order valence-corrected chi connectivity index (χ4v) is 0.880. The van der Waals surface area contributed by atoms with Crippen molar-refractivity contribution in [2.75, 3.05) is 6.61 Å². The lowest BCUT2D eigenvalue weighted by Crippen LogP contribution is -2.05. The molecule has 0 bridgehead atoms. The van der Waals surface area contributed by atoms with Crippen molar-refractivity contribution in [2.24, 2.45) is 0 Å². The van der Waals surface area contributed by atoms with Crippen molar-refractivity contribution >= 4 is 0 Å². The summed E-state index contributed by atoms with van der Waals surface area (Å²) in [6.07, 6.45) is -2.88. The molecule has 19 heavy (non-hydrogen) atoms. The highest BCUT2D eigenvalue weighted by molar-refractivity contribution is 5.04. The number of hydrogen-bond donors (Lipinski definition) is 2. The molecule has 0 atom stereocenters. The van der Waals surface area contributed by atoms with Crippen LogP contribution in [0.3, 0.4) is 0 Å². The zero-order valence-electron chi connectivity index (χ0n) is 12.7. The minimum atomic E-state index is -4.37. The van der Waals surface area contributed by atoms with Crippen LogP contribution in [0.4, 0.5) is 13.2 Å². The van der Waals surface area contributed by atoms with Crippen LogP contribution in [0.2, 0.25) is 0 Å². The molecule has 3 nitrogen and oxygen atoms in total. The van der Waals surface area contributed by atoms with Crippen LogP contribution in [0.15, 0.2) is 6.20 Å². The van der Waals surface area contributed by atoms with Crippen molar-refractivity contribution in [1.82, 2.24) is 9.97 Å². The van der Waals surface area contributed by atoms with Gasteiger partial charge in [0.15, 0.2) is 0 Å². The predicted octanol–water partition coefficient (Wildman–Crippen LogP) is 4.68. The monoisotopic (exact) mass is 286 g/mol. The molecule has 0 saturated heterocycles. The molecule has 6 heteroatoms. The Morgan fingerprint density at radius 2 is 1.63 bits per heavy atom. The molecule has 1 rings (SSSR count). The second-order valence-corrected chi connectivity index (χ2v) is 2.57. The van der Waals surface area contributed by atoms with Gasteiger partial charge in [-0.2, -0.15) is 13.2 Å². The van der Waals surface area contributed by atoms with Gasteiger partial charge in [0, 0.05) is 14.5 Å². The number of aliphatic hydroxyl groups is 1. The summed E-state index contributed by atoms with van der Waals surface area (Å²) >= 11 is 0. The summed E-state index contributed by atoms with van der Waals surface area (Å²) in [5.41, 5.74) is -0.847. The molecule has 0 radical (unpaired) electrons. The van der Waals surface area contributed by atoms with Crippen LogP contribution in [0.25, 0.3) is 0 Å². The maximum Gasteiger partial charge on any atom is 0.432 e. The summed E-state index contributed by atoms with van der Waals surface area (Å²) in [6, 6.07) is 0. The van der Waals surface area contributed by atoms with Gasteiger partial charge in [0.05, 0.1) is 6.20 Å². The number of nitrogens with one attached hydrogen (secondary N) is 1. The first-order valence-corrected chi connectivity index (χ1v) is 6.76. The summed E-state index contributed by atoms with van der Waals surface area (Å²) < 4.78 is 36.0. The van der Waals surface area contributed by atoms with Gasteiger partial charge in [0.1, 0.15) is 11.5 Å². The van der Waals surface area contributed by atoms with E-state index in [9.17, 15) is 13.2 Å². The molecule has 0 fully saturated rings. The van der Waals surface area contributed by atoms with Crippen molar-refractivity contribution in [3.63, 3.8) is 0 Å². The number of H-pyrrole nitrogens is 1. The smallest absolute Gasteiger partial charge is 0.396 e. The zero-order valence-corrected chi connectivity index (χ0v) is 12.7. The SMILES string of the molecule is CC.CC.CC.OCCCc1ncc(C(F)(F)F)[nH]1.[HH]. The Bertz CT molecular complexity index is 279. The Morgan fingerprint density at radius 3 is 1.95 bits per heavy atom. The highest BCUT2D eigenvalue weighted by Gasteiger charge is 2.32. The molecule has 0 amide bonds. The molecular weight excluding hydrogens is 257 g/mol. The molecule has 2 N–H and O–H groups in total. The number of alkyl halides is 3. The van der Waals surface area contributed by atoms with E-state index in [0.717, 1.165) is 6.20 Å². The van der Waals surface area contributed by atoms with Crippen molar-refractivity contribution in [3.8, 4) is 0 Å². The molecule has 1 aromatic heterocycles. The van der Waals surface area contributed by atoms with Crippen LogP contribution in [0.1, 0.15) is 60.9 Å². The highest BCUT2D eigenvalue weighted by atomic mass is 19.4. The minimum absolute atomic E-state index is 0. The zero-order chi connectivity index (χ0) is 15.9. The number of aromatic nitrogens is 2. The first kappa shape index (κ1) is 23.1. The van der Waals surface area contributed by atoms with Gasteiger partial charge in [0.2, 0.25) is 0 Å². The van der Waals surface area contributed by atoms with Crippen LogP contribution in [0.5, 0.6) is 0 Å². The fourth-order valence-electron chi connectivity index (χ4n) is 0.880. The van der Waals surface area contributed by atoms with Crippen LogP contribution < -0.4 is 0 Å². The van der Waals surface area contributed by atoms with Gasteiger partial charge < -0.3 is 10.1 Å². The number of aryl methyl sites for hydroxylation is 1. The van der Waals surface area contributed by atoms with Gasteiger partial charge in [-0.15, -0.1) is 0 Å². The van der Waals surface area contributed by atoms with Crippen LogP contribution in [-0.4, -0.2) is 21.7 Å². The molecule has 118 valence electrons. The van der Waals surface area contributed by atoms with E-state index in [1.807, 2.05) is 41.5 Å². The number of halogens is 3. The molecule has 0 aliphatic carbocycles. The quantitative estimate of drug-likeness (QED) is 0.847. The molecule has 0 aliphatic heterocycles. The van der Waals surface area contributed by atoms with E-state index in [4.69, 9.17) is 5.11 Å². The van der Waals surface area contributed by atoms with E-state index in [2.05, 4.69) is 9.97 Å². The molecular formula is C13H29F3N2O. The van der Waals surface area contributed by atoms with Crippen molar-refractivity contribution < 1.29 is 19.7 Å². The third-order valence-corrected chi connectivity index (χ3v) is 1.51. The molecule has 0 saturated carbocycles. The summed E-state index contributed by atoms with van der Waals surface area (Å²) in [5.74, 6) is 0.251. The van der Waals surface area contributed by atoms with Gasteiger partial charge >= 0.3 is 6.18 Å². The first-order valence-electron chi connectivity index (χ1n) is 6.76. The first-order chi connectivity index (χ1) is 9.04. The van der Waals surface area contributed by atoms with Crippen LogP contribution in [-0.2, 0) is 12.6 Å². The van der Waals surface area contributed by atoms with Crippen molar-refractivity contribution in [2.45, 2.75) is 60.6 Å². The normalized spacial score (nSPS) is 9.16. The third-order valence-electron chi connectivity index (χ3n) is 1.51. The van der Waals surface area contributed by atoms with Gasteiger partial charge in [-0.3, -0.25) is 0 Å². The molecule has 0 unspecified atom stereocenters. The Balaban J connectivity index is -0.000000162. The van der Waals surface area contributed by atoms with E-state index in [1.165, 1.54) is 0 Å². The highest BCUT2D eigenvalue weighted by Crippen LogP contribution is 2.27. The van der Waals surface area contributed by atoms with Crippen LogP contribution >= 0.6 is 0 Å². The van der Waals surface area contributed by atoms with Gasteiger partial charge in [-0.05, 0) is 6.42 Å². The average molecular weight is 286 g/mol. The van der Waals surface area contributed by atoms with E-state index in [1.54, 1.807) is 0 Å². The van der Waals surface area contributed by atoms with E-state index >= 15 is 0 Å². The fraction of sp³-hybridized carbons (Fsp3) is 0.769. The number of hydrogen-bond acceptors (Lipinski definition) is 2. The average Bonchev–Trinajstić information content (AvgIpc) is 2.92. The number of rotatable bonds is 3. The Morgan fingerprint density at radius 1 is 1.16 bits per heavy atom. The summed E-state index contributed by atoms with van der Waals surface area (Å²) in [4.78, 5) is 5.67. The van der Waals surface area contributed by atoms with Crippen molar-refractivity contribution in [1.29, 1.82) is 0 Å². The topological polar surface area (TPSA) is 48.9 Å². The summed E-state index contributed by atoms with van der Waals surface area (Å²) in [5, 5.41) is 8.43. The summed E-state index contributed by atoms with van der Waals surface area (Å²) in [6.45, 7) is 11.9. The van der Waals surface area contributed by atoms with Gasteiger partial charge in [0.25, 0.3) is 0 Å². The van der Waals surface area contributed by atoms with E-state index in [-0.39, 0.29) is 13.9 Å². The lowest BCUT2D eigenvalue weighted by Gasteiger charge is -2.00. The Labute approximate surface area is 115 Å². The van der Waals surface area contributed by atoms with Crippen LogP contribution in [0, 0.1) is 0 Å². The minimum Gasteiger partial charge on any atom is -0.396 e. The third kappa shape index (κ3) is 11.8. The number of nitrogens with zero attached hydrogens (tertiary/aromatic N) is 1. The predicted molar refractivity (Wildman–Crippen MR) is 75.2 cm³/mol. The maximum absolute atomic E-state index is 12.0. The lowest BCUT2D eigenvalue weighted by atomic mass is 10.3. The van der Waals surface area contributed by atoms with Crippen molar-refractivity contribution in [3.05, 3.63) is 17.7 Å². The van der Waals surface area contributed by atoms with Gasteiger partial charge in [-0.1, -0.05) is 41.5 Å². The Hall–Kier alpha value is -1.04. The molecule has 1 heterocycles.